The van der Waals surface area contributed by atoms with Crippen LogP contribution >= 0.6 is 104 Å². The molecule has 2 N–H and O–H groups in total. The first-order valence-corrected chi connectivity index (χ1v) is 21.5. The molecular formula is C32H41BCl4N6O3S6. The Hall–Kier alpha value is -1.67. The number of hydrogen-bond acceptors (Lipinski definition) is 14. The van der Waals surface area contributed by atoms with Crippen LogP contribution in [0.2, 0.25) is 20.6 Å². The Morgan fingerprint density at radius 2 is 1.10 bits per heavy atom. The zero-order valence-electron chi connectivity index (χ0n) is 27.2. The molecule has 284 valence electrons. The zero-order chi connectivity index (χ0) is 37.1. The van der Waals surface area contributed by atoms with Crippen LogP contribution in [0.4, 0.5) is 0 Å². The second-order valence-electron chi connectivity index (χ2n) is 8.22. The van der Waals surface area contributed by atoms with E-state index >= 15 is 0 Å². The highest BCUT2D eigenvalue weighted by molar-refractivity contribution is 7.98. The fourth-order valence-corrected chi connectivity index (χ4v) is 7.18. The molecule has 20 heteroatoms. The molecule has 6 aromatic rings. The van der Waals surface area contributed by atoms with Crippen LogP contribution in [0.5, 0.6) is 0 Å². The highest BCUT2D eigenvalue weighted by atomic mass is 35.5. The van der Waals surface area contributed by atoms with Crippen molar-refractivity contribution in [2.75, 3.05) is 18.8 Å². The average molecular weight is 904 g/mol. The van der Waals surface area contributed by atoms with Crippen LogP contribution in [-0.4, -0.2) is 70.0 Å². The molecule has 0 fully saturated rings. The third kappa shape index (κ3) is 19.1. The van der Waals surface area contributed by atoms with Crippen molar-refractivity contribution in [3.63, 3.8) is 0 Å². The summed E-state index contributed by atoms with van der Waals surface area (Å²) >= 11 is 30.3. The first kappa shape index (κ1) is 50.3. The van der Waals surface area contributed by atoms with Gasteiger partial charge in [-0.05, 0) is 40.8 Å². The summed E-state index contributed by atoms with van der Waals surface area (Å²) in [6.45, 7) is 2.29. The van der Waals surface area contributed by atoms with Gasteiger partial charge in [0.1, 0.15) is 20.6 Å². The molecule has 0 spiro atoms. The normalized spacial score (nSPS) is 10.2. The van der Waals surface area contributed by atoms with Gasteiger partial charge in [0, 0.05) is 30.6 Å². The van der Waals surface area contributed by atoms with E-state index in [1.165, 1.54) is 47.2 Å². The van der Waals surface area contributed by atoms with Crippen molar-refractivity contribution in [3.8, 4) is 21.1 Å². The lowest BCUT2D eigenvalue weighted by Gasteiger charge is -2.00. The van der Waals surface area contributed by atoms with E-state index in [4.69, 9.17) is 57.8 Å². The van der Waals surface area contributed by atoms with Crippen LogP contribution in [-0.2, 0) is 10.8 Å². The number of hydrogen-bond donors (Lipinski definition) is 2. The molecule has 52 heavy (non-hydrogen) atoms. The van der Waals surface area contributed by atoms with Crippen molar-refractivity contribution in [2.24, 2.45) is 0 Å². The van der Waals surface area contributed by atoms with Gasteiger partial charge in [-0.15, -0.1) is 22.7 Å². The second kappa shape index (κ2) is 28.7. The number of nitrogens with zero attached hydrogens (tertiary/aromatic N) is 6. The highest BCUT2D eigenvalue weighted by Crippen LogP contribution is 2.27. The molecule has 1 atom stereocenters. The maximum Gasteiger partial charge on any atom is 0.499 e. The summed E-state index contributed by atoms with van der Waals surface area (Å²) in [6, 6.07) is 16.3. The summed E-state index contributed by atoms with van der Waals surface area (Å²) in [6.07, 6.45) is 5.33. The van der Waals surface area contributed by atoms with Gasteiger partial charge in [0.25, 0.3) is 0 Å². The smallest absolute Gasteiger partial charge is 0.423 e. The fraction of sp³-hybridized carbons (Fsp3) is 0.250. The van der Waals surface area contributed by atoms with Gasteiger partial charge in [0.15, 0.2) is 10.3 Å². The molecule has 9 nitrogen and oxygen atoms in total. The van der Waals surface area contributed by atoms with Crippen LogP contribution in [0.15, 0.2) is 86.2 Å². The van der Waals surface area contributed by atoms with Gasteiger partial charge in [-0.1, -0.05) is 130 Å². The summed E-state index contributed by atoms with van der Waals surface area (Å²) in [5, 5.41) is 25.9. The van der Waals surface area contributed by atoms with Gasteiger partial charge in [0.05, 0.1) is 31.9 Å². The van der Waals surface area contributed by atoms with E-state index in [9.17, 15) is 4.21 Å². The molecule has 0 aliphatic carbocycles. The Labute approximate surface area is 352 Å². The molecule has 6 heterocycles. The molecule has 6 rings (SSSR count). The van der Waals surface area contributed by atoms with Crippen molar-refractivity contribution in [1.29, 1.82) is 0 Å². The first-order chi connectivity index (χ1) is 23.9. The van der Waals surface area contributed by atoms with E-state index in [2.05, 4.69) is 29.9 Å². The van der Waals surface area contributed by atoms with E-state index in [1.54, 1.807) is 59.2 Å². The number of thiophene rings is 3. The lowest BCUT2D eigenvalue weighted by molar-refractivity contribution is 0.427. The summed E-state index contributed by atoms with van der Waals surface area (Å²) in [5.74, 6) is 0. The van der Waals surface area contributed by atoms with Crippen molar-refractivity contribution in [2.45, 2.75) is 51.6 Å². The maximum atomic E-state index is 11.3. The number of halogens is 4. The van der Waals surface area contributed by atoms with Crippen LogP contribution in [0.1, 0.15) is 37.5 Å². The molecule has 0 bridgehead atoms. The van der Waals surface area contributed by atoms with Gasteiger partial charge in [-0.25, -0.2) is 29.9 Å². The predicted molar refractivity (Wildman–Crippen MR) is 234 cm³/mol. The van der Waals surface area contributed by atoms with Gasteiger partial charge in [-0.2, -0.15) is 11.3 Å². The minimum absolute atomic E-state index is 0. The topological polar surface area (TPSA) is 135 Å². The zero-order valence-corrected chi connectivity index (χ0v) is 34.1. The molecular weight excluding hydrogens is 861 g/mol. The van der Waals surface area contributed by atoms with Gasteiger partial charge < -0.3 is 10.0 Å². The average Bonchev–Trinajstić information content (AvgIpc) is 3.90. The first-order valence-electron chi connectivity index (χ1n) is 14.1. The molecule has 6 aromatic heterocycles. The summed E-state index contributed by atoms with van der Waals surface area (Å²) in [4.78, 5) is 26.4. The van der Waals surface area contributed by atoms with Gasteiger partial charge in [-0.3, -0.25) is 4.21 Å². The van der Waals surface area contributed by atoms with Crippen molar-refractivity contribution in [1.82, 2.24) is 29.9 Å². The van der Waals surface area contributed by atoms with Gasteiger partial charge in [0.2, 0.25) is 5.16 Å². The van der Waals surface area contributed by atoms with Gasteiger partial charge >= 0.3 is 7.12 Å². The van der Waals surface area contributed by atoms with Crippen molar-refractivity contribution in [3.05, 3.63) is 91.3 Å². The lowest BCUT2D eigenvalue weighted by atomic mass is 9.90. The maximum absolute atomic E-state index is 11.3. The Morgan fingerprint density at radius 1 is 0.692 bits per heavy atom. The minimum Gasteiger partial charge on any atom is -0.423 e. The monoisotopic (exact) mass is 901 g/mol. The third-order valence-corrected chi connectivity index (χ3v) is 10.2. The van der Waals surface area contributed by atoms with Crippen LogP contribution in [0, 0.1) is 0 Å². The molecule has 1 unspecified atom stereocenters. The minimum atomic E-state index is -1.30. The second-order valence-corrected chi connectivity index (χ2v) is 15.5. The van der Waals surface area contributed by atoms with Crippen LogP contribution in [0.25, 0.3) is 21.1 Å². The molecule has 0 saturated heterocycles. The highest BCUT2D eigenvalue weighted by Gasteiger charge is 2.10. The number of rotatable bonds is 6. The Kier molecular flexibility index (Phi) is 27.8. The molecule has 0 saturated carbocycles. The van der Waals surface area contributed by atoms with Crippen molar-refractivity contribution >= 4 is 127 Å². The SMILES string of the molecule is C.C.C.CS(=O)c1nc(Cl)cc(-c2cccs2)n1.CSc1nc(Cl)cc(-c2cccs2)n1.CSc1nc(Cl)cc(Cl)n1.OB(O)c1cccs1.[2H]CC. The summed E-state index contributed by atoms with van der Waals surface area (Å²) in [5.41, 5.74) is 1.61. The number of thioether (sulfide) groups is 2. The molecule has 0 aromatic carbocycles. The number of aromatic nitrogens is 6. The Morgan fingerprint density at radius 3 is 1.46 bits per heavy atom. The van der Waals surface area contributed by atoms with E-state index in [0.717, 1.165) is 21.1 Å². The molecule has 0 amide bonds. The largest absolute Gasteiger partial charge is 0.499 e. The summed E-state index contributed by atoms with van der Waals surface area (Å²) < 4.78 is 18.0. The standard InChI is InChI=1S/C9H7ClN2OS2.C9H7ClN2S2.C5H4Cl2N2S.C4H5BO2S.C2H6.3CH4/c1-15(13)9-11-6(5-8(10)12-9)7-3-2-4-14-7;1-13-9-11-6(5-8(10)12-9)7-3-2-4-14-7;1-10-5-8-3(6)2-4(7)9-5;6-5(7)4-2-1-3-8-4;1-2;;;/h2-5H,1H3;2-5H,1H3;2H,1H3;1-3,6-7H;1-2H3;3*1H4/i;;;;1D;;;. The lowest BCUT2D eigenvalue weighted by Crippen LogP contribution is -2.26. The van der Waals surface area contributed by atoms with Crippen LogP contribution < -0.4 is 4.78 Å². The third-order valence-electron chi connectivity index (χ3n) is 4.96. The Balaban J connectivity index is 0. The molecule has 0 aliphatic rings. The van der Waals surface area contributed by atoms with Crippen LogP contribution in [0.3, 0.4) is 0 Å². The molecule has 0 aliphatic heterocycles. The fourth-order valence-electron chi connectivity index (χ4n) is 3.01. The summed E-state index contributed by atoms with van der Waals surface area (Å²) in [7, 11) is -2.51. The van der Waals surface area contributed by atoms with E-state index in [0.29, 0.717) is 42.6 Å². The van der Waals surface area contributed by atoms with E-state index in [1.807, 2.05) is 47.5 Å². The van der Waals surface area contributed by atoms with E-state index in [-0.39, 0.29) is 27.4 Å². The Bertz CT molecular complexity index is 1850. The molecule has 0 radical (unpaired) electrons. The quantitative estimate of drug-likeness (QED) is 0.0716. The van der Waals surface area contributed by atoms with E-state index < -0.39 is 17.9 Å². The predicted octanol–water partition coefficient (Wildman–Crippen LogP) is 11.0. The van der Waals surface area contributed by atoms with Crippen molar-refractivity contribution < 1.29 is 15.6 Å².